The van der Waals surface area contributed by atoms with E-state index in [0.717, 1.165) is 18.6 Å². The van der Waals surface area contributed by atoms with Crippen molar-refractivity contribution < 1.29 is 4.74 Å². The highest BCUT2D eigenvalue weighted by molar-refractivity contribution is 5.73. The van der Waals surface area contributed by atoms with Crippen LogP contribution < -0.4 is 10.5 Å². The molecular weight excluding hydrogens is 234 g/mol. The molecule has 0 spiro atoms. The monoisotopic (exact) mass is 253 g/mol. The van der Waals surface area contributed by atoms with Gasteiger partial charge in [-0.3, -0.25) is 0 Å². The lowest BCUT2D eigenvalue weighted by molar-refractivity contribution is 0.225. The number of rotatable bonds is 3. The molecule has 0 radical (unpaired) electrons. The number of nitrogens with two attached hydrogens (primary N) is 1. The lowest BCUT2D eigenvalue weighted by Crippen LogP contribution is -2.17. The summed E-state index contributed by atoms with van der Waals surface area (Å²) in [4.78, 5) is 0. The van der Waals surface area contributed by atoms with Crippen LogP contribution in [-0.2, 0) is 6.42 Å². The third-order valence-corrected chi connectivity index (χ3v) is 3.68. The van der Waals surface area contributed by atoms with E-state index in [1.165, 1.54) is 22.3 Å². The van der Waals surface area contributed by atoms with Gasteiger partial charge in [0.25, 0.3) is 0 Å². The zero-order valence-corrected chi connectivity index (χ0v) is 11.2. The van der Waals surface area contributed by atoms with E-state index in [0.29, 0.717) is 6.54 Å². The van der Waals surface area contributed by atoms with Crippen LogP contribution in [-0.4, -0.2) is 12.6 Å². The van der Waals surface area contributed by atoms with Gasteiger partial charge in [0.1, 0.15) is 11.9 Å². The molecule has 0 aliphatic carbocycles. The highest BCUT2D eigenvalue weighted by Gasteiger charge is 2.24. The molecular formula is C17H19NO. The van der Waals surface area contributed by atoms with E-state index in [1.807, 2.05) is 0 Å². The van der Waals surface area contributed by atoms with Crippen LogP contribution in [0.3, 0.4) is 0 Å². The molecule has 0 saturated carbocycles. The number of benzene rings is 2. The third-order valence-electron chi connectivity index (χ3n) is 3.68. The van der Waals surface area contributed by atoms with Crippen molar-refractivity contribution >= 4 is 0 Å². The van der Waals surface area contributed by atoms with Gasteiger partial charge < -0.3 is 10.5 Å². The van der Waals surface area contributed by atoms with E-state index < -0.39 is 0 Å². The summed E-state index contributed by atoms with van der Waals surface area (Å²) in [6.45, 7) is 2.78. The number of hydrogen-bond donors (Lipinski definition) is 1. The van der Waals surface area contributed by atoms with Crippen LogP contribution in [0.25, 0.3) is 11.1 Å². The molecule has 2 nitrogen and oxygen atoms in total. The van der Waals surface area contributed by atoms with Crippen molar-refractivity contribution in [3.63, 3.8) is 0 Å². The first-order valence-electron chi connectivity index (χ1n) is 6.83. The number of aryl methyl sites for hydroxylation is 1. The van der Waals surface area contributed by atoms with Crippen LogP contribution in [0.1, 0.15) is 17.5 Å². The van der Waals surface area contributed by atoms with Crippen molar-refractivity contribution in [3.05, 3.63) is 53.6 Å². The maximum absolute atomic E-state index is 6.08. The van der Waals surface area contributed by atoms with Gasteiger partial charge in [0.15, 0.2) is 0 Å². The predicted molar refractivity (Wildman–Crippen MR) is 78.4 cm³/mol. The first-order valence-corrected chi connectivity index (χ1v) is 6.83. The summed E-state index contributed by atoms with van der Waals surface area (Å²) < 4.78 is 6.08. The summed E-state index contributed by atoms with van der Waals surface area (Å²) in [5.41, 5.74) is 10.6. The maximum Gasteiger partial charge on any atom is 0.130 e. The lowest BCUT2D eigenvalue weighted by Gasteiger charge is -2.11. The SMILES string of the molecule is Cc1ccc(-c2cccc3c2O[C@@H](CCN)C3)cc1. The minimum absolute atomic E-state index is 0.242. The Morgan fingerprint density at radius 3 is 2.68 bits per heavy atom. The molecule has 1 aliphatic rings. The largest absolute Gasteiger partial charge is 0.489 e. The average Bonchev–Trinajstić information content (AvgIpc) is 2.82. The van der Waals surface area contributed by atoms with E-state index in [1.54, 1.807) is 0 Å². The molecule has 2 aromatic rings. The number of para-hydroxylation sites is 1. The van der Waals surface area contributed by atoms with Crippen LogP contribution in [0, 0.1) is 6.92 Å². The van der Waals surface area contributed by atoms with E-state index in [4.69, 9.17) is 10.5 Å². The van der Waals surface area contributed by atoms with Gasteiger partial charge in [-0.05, 0) is 31.0 Å². The zero-order valence-electron chi connectivity index (χ0n) is 11.2. The van der Waals surface area contributed by atoms with E-state index in [9.17, 15) is 0 Å². The Labute approximate surface area is 114 Å². The highest BCUT2D eigenvalue weighted by Crippen LogP contribution is 2.39. The van der Waals surface area contributed by atoms with Gasteiger partial charge >= 0.3 is 0 Å². The van der Waals surface area contributed by atoms with Crippen LogP contribution in [0.5, 0.6) is 5.75 Å². The minimum atomic E-state index is 0.242. The molecule has 3 rings (SSSR count). The molecule has 19 heavy (non-hydrogen) atoms. The van der Waals surface area contributed by atoms with Crippen molar-refractivity contribution in [2.75, 3.05) is 6.54 Å². The molecule has 2 heteroatoms. The Kier molecular flexibility index (Phi) is 3.26. The molecule has 0 amide bonds. The van der Waals surface area contributed by atoms with E-state index in [-0.39, 0.29) is 6.10 Å². The molecule has 0 unspecified atom stereocenters. The summed E-state index contributed by atoms with van der Waals surface area (Å²) in [6, 6.07) is 15.0. The number of fused-ring (bicyclic) bond motifs is 1. The molecule has 2 aromatic carbocycles. The Bertz CT molecular complexity index is 574. The highest BCUT2D eigenvalue weighted by atomic mass is 16.5. The summed E-state index contributed by atoms with van der Waals surface area (Å²) >= 11 is 0. The second kappa shape index (κ2) is 5.06. The molecule has 0 aromatic heterocycles. The van der Waals surface area contributed by atoms with Crippen LogP contribution in [0.2, 0.25) is 0 Å². The molecule has 1 aliphatic heterocycles. The fraction of sp³-hybridized carbons (Fsp3) is 0.294. The molecule has 0 saturated heterocycles. The zero-order chi connectivity index (χ0) is 13.2. The van der Waals surface area contributed by atoms with E-state index in [2.05, 4.69) is 49.4 Å². The van der Waals surface area contributed by atoms with Gasteiger partial charge in [0, 0.05) is 12.0 Å². The van der Waals surface area contributed by atoms with Crippen LogP contribution in [0.15, 0.2) is 42.5 Å². The Morgan fingerprint density at radius 1 is 1.16 bits per heavy atom. The van der Waals surface area contributed by atoms with Gasteiger partial charge in [-0.15, -0.1) is 0 Å². The summed E-state index contributed by atoms with van der Waals surface area (Å²) in [5, 5.41) is 0. The minimum Gasteiger partial charge on any atom is -0.489 e. The number of ether oxygens (including phenoxy) is 1. The van der Waals surface area contributed by atoms with Gasteiger partial charge in [0.2, 0.25) is 0 Å². The van der Waals surface area contributed by atoms with Gasteiger partial charge in [-0.2, -0.15) is 0 Å². The van der Waals surface area contributed by atoms with Crippen LogP contribution in [0.4, 0.5) is 0 Å². The van der Waals surface area contributed by atoms with Crippen LogP contribution >= 0.6 is 0 Å². The molecule has 1 heterocycles. The quantitative estimate of drug-likeness (QED) is 0.910. The van der Waals surface area contributed by atoms with Gasteiger partial charge in [0.05, 0.1) is 0 Å². The van der Waals surface area contributed by atoms with Crippen molar-refractivity contribution in [3.8, 4) is 16.9 Å². The topological polar surface area (TPSA) is 35.2 Å². The molecule has 2 N–H and O–H groups in total. The summed E-state index contributed by atoms with van der Waals surface area (Å²) in [7, 11) is 0. The Hall–Kier alpha value is -1.80. The number of hydrogen-bond acceptors (Lipinski definition) is 2. The van der Waals surface area contributed by atoms with Gasteiger partial charge in [-0.25, -0.2) is 0 Å². The summed E-state index contributed by atoms with van der Waals surface area (Å²) in [6.07, 6.45) is 2.14. The first-order chi connectivity index (χ1) is 9.28. The third kappa shape index (κ3) is 2.36. The average molecular weight is 253 g/mol. The molecule has 0 fully saturated rings. The maximum atomic E-state index is 6.08. The van der Waals surface area contributed by atoms with E-state index >= 15 is 0 Å². The second-order valence-corrected chi connectivity index (χ2v) is 5.18. The lowest BCUT2D eigenvalue weighted by atomic mass is 9.99. The second-order valence-electron chi connectivity index (χ2n) is 5.18. The fourth-order valence-corrected chi connectivity index (χ4v) is 2.65. The normalized spacial score (nSPS) is 17.1. The summed E-state index contributed by atoms with van der Waals surface area (Å²) in [5.74, 6) is 1.05. The predicted octanol–water partition coefficient (Wildman–Crippen LogP) is 3.31. The Morgan fingerprint density at radius 2 is 1.95 bits per heavy atom. The van der Waals surface area contributed by atoms with Gasteiger partial charge in [-0.1, -0.05) is 48.0 Å². The van der Waals surface area contributed by atoms with Crippen molar-refractivity contribution in [2.24, 2.45) is 5.73 Å². The smallest absolute Gasteiger partial charge is 0.130 e. The van der Waals surface area contributed by atoms with Crippen molar-refractivity contribution in [1.82, 2.24) is 0 Å². The molecule has 98 valence electrons. The van der Waals surface area contributed by atoms with Crippen molar-refractivity contribution in [1.29, 1.82) is 0 Å². The molecule has 0 bridgehead atoms. The fourth-order valence-electron chi connectivity index (χ4n) is 2.65. The first kappa shape index (κ1) is 12.2. The van der Waals surface area contributed by atoms with Crippen molar-refractivity contribution in [2.45, 2.75) is 25.9 Å². The Balaban J connectivity index is 1.97. The standard InChI is InChI=1S/C17H19NO/c1-12-5-7-13(8-6-12)16-4-2-3-14-11-15(9-10-18)19-17(14)16/h2-8,15H,9-11,18H2,1H3/t15-/m0/s1. The molecule has 1 atom stereocenters.